The fraction of sp³-hybridized carbons (Fsp3) is 0.500. The number of ether oxygens (including phenoxy) is 1. The summed E-state index contributed by atoms with van der Waals surface area (Å²) in [7, 11) is 3.43. The van der Waals surface area contributed by atoms with Gasteiger partial charge in [-0.1, -0.05) is 0 Å². The molecule has 0 aromatic heterocycles. The average Bonchev–Trinajstić information content (AvgIpc) is 3.29. The number of halogens is 1. The molecule has 2 amide bonds. The van der Waals surface area contributed by atoms with E-state index in [0.29, 0.717) is 33.5 Å². The lowest BCUT2D eigenvalue weighted by atomic mass is 10.1. The molecule has 1 aromatic rings. The molecule has 1 atom stereocenters. The summed E-state index contributed by atoms with van der Waals surface area (Å²) in [6.07, 6.45) is 2.14. The lowest BCUT2D eigenvalue weighted by Gasteiger charge is -2.27. The molecule has 1 saturated carbocycles. The van der Waals surface area contributed by atoms with E-state index in [4.69, 9.17) is 4.74 Å². The minimum Gasteiger partial charge on any atom is -0.497 e. The second-order valence-corrected chi connectivity index (χ2v) is 7.67. The summed E-state index contributed by atoms with van der Waals surface area (Å²) in [5.41, 5.74) is 0.556. The second kappa shape index (κ2) is 6.73. The molecule has 1 aromatic carbocycles. The normalized spacial score (nSPS) is 20.5. The molecule has 0 radical (unpaired) electrons. The lowest BCUT2D eigenvalue weighted by Crippen LogP contribution is -2.48. The fourth-order valence-corrected chi connectivity index (χ4v) is 4.35. The van der Waals surface area contributed by atoms with Gasteiger partial charge in [-0.2, -0.15) is 0 Å². The Morgan fingerprint density at radius 1 is 1.39 bits per heavy atom. The Balaban J connectivity index is 1.79. The molecule has 7 heteroatoms. The minimum absolute atomic E-state index is 0.0514. The number of hydrogen-bond donors (Lipinski definition) is 0. The molecule has 1 aliphatic carbocycles. The van der Waals surface area contributed by atoms with Crippen LogP contribution in [0.15, 0.2) is 22.7 Å². The summed E-state index contributed by atoms with van der Waals surface area (Å²) in [5.74, 6) is 1.83. The molecule has 5 nitrogen and oxygen atoms in total. The SMILES string of the molecule is COc1ccc(C(=O)N2CSCC2C(=O)N(C)C2CC2)c(Br)c1. The molecule has 1 aliphatic heterocycles. The van der Waals surface area contributed by atoms with Crippen molar-refractivity contribution < 1.29 is 14.3 Å². The molecule has 2 fully saturated rings. The van der Waals surface area contributed by atoms with Gasteiger partial charge in [0, 0.05) is 23.3 Å². The van der Waals surface area contributed by atoms with E-state index in [2.05, 4.69) is 15.9 Å². The van der Waals surface area contributed by atoms with Crippen molar-refractivity contribution in [3.05, 3.63) is 28.2 Å². The molecule has 124 valence electrons. The maximum atomic E-state index is 12.9. The summed E-state index contributed by atoms with van der Waals surface area (Å²) in [6, 6.07) is 5.25. The van der Waals surface area contributed by atoms with Crippen molar-refractivity contribution in [1.82, 2.24) is 9.80 Å². The molecule has 3 rings (SSSR count). The molecule has 1 heterocycles. The maximum absolute atomic E-state index is 12.9. The van der Waals surface area contributed by atoms with Gasteiger partial charge in [-0.15, -0.1) is 11.8 Å². The minimum atomic E-state index is -0.368. The van der Waals surface area contributed by atoms with E-state index in [9.17, 15) is 9.59 Å². The van der Waals surface area contributed by atoms with Crippen molar-refractivity contribution in [3.8, 4) is 5.75 Å². The summed E-state index contributed by atoms with van der Waals surface area (Å²) < 4.78 is 5.84. The van der Waals surface area contributed by atoms with Crippen LogP contribution in [-0.4, -0.2) is 59.5 Å². The number of carbonyl (C=O) groups excluding carboxylic acids is 2. The number of nitrogens with zero attached hydrogens (tertiary/aromatic N) is 2. The van der Waals surface area contributed by atoms with Gasteiger partial charge in [-0.25, -0.2) is 0 Å². The van der Waals surface area contributed by atoms with Crippen molar-refractivity contribution in [2.75, 3.05) is 25.8 Å². The van der Waals surface area contributed by atoms with Crippen molar-refractivity contribution >= 4 is 39.5 Å². The van der Waals surface area contributed by atoms with Crippen LogP contribution in [0.5, 0.6) is 5.75 Å². The molecule has 1 unspecified atom stereocenters. The summed E-state index contributed by atoms with van der Waals surface area (Å²) in [6.45, 7) is 0. The Bertz CT molecular complexity index is 636. The predicted molar refractivity (Wildman–Crippen MR) is 93.8 cm³/mol. The lowest BCUT2D eigenvalue weighted by molar-refractivity contribution is -0.134. The molecular formula is C16H19BrN2O3S. The number of amides is 2. The van der Waals surface area contributed by atoms with E-state index < -0.39 is 0 Å². The number of benzene rings is 1. The topological polar surface area (TPSA) is 49.9 Å². The highest BCUT2D eigenvalue weighted by atomic mass is 79.9. The van der Waals surface area contributed by atoms with E-state index >= 15 is 0 Å². The Morgan fingerprint density at radius 2 is 2.13 bits per heavy atom. The van der Waals surface area contributed by atoms with Gasteiger partial charge in [0.1, 0.15) is 11.8 Å². The highest BCUT2D eigenvalue weighted by Crippen LogP contribution is 2.31. The molecular weight excluding hydrogens is 380 g/mol. The van der Waals surface area contributed by atoms with Gasteiger partial charge in [0.05, 0.1) is 18.6 Å². The van der Waals surface area contributed by atoms with Crippen LogP contribution in [0.25, 0.3) is 0 Å². The number of carbonyl (C=O) groups is 2. The van der Waals surface area contributed by atoms with Crippen LogP contribution in [0.2, 0.25) is 0 Å². The first kappa shape index (κ1) is 16.6. The van der Waals surface area contributed by atoms with Crippen LogP contribution in [0, 0.1) is 0 Å². The number of likely N-dealkylation sites (N-methyl/N-ethyl adjacent to an activating group) is 1. The fourth-order valence-electron chi connectivity index (χ4n) is 2.68. The van der Waals surface area contributed by atoms with Gasteiger partial charge in [-0.05, 0) is 47.0 Å². The highest BCUT2D eigenvalue weighted by molar-refractivity contribution is 9.10. The van der Waals surface area contributed by atoms with Gasteiger partial charge in [0.2, 0.25) is 5.91 Å². The van der Waals surface area contributed by atoms with Crippen LogP contribution >= 0.6 is 27.7 Å². The van der Waals surface area contributed by atoms with E-state index in [1.54, 1.807) is 46.9 Å². The zero-order valence-corrected chi connectivity index (χ0v) is 15.5. The number of thioether (sulfide) groups is 1. The first-order valence-electron chi connectivity index (χ1n) is 7.52. The van der Waals surface area contributed by atoms with Gasteiger partial charge in [0.25, 0.3) is 5.91 Å². The van der Waals surface area contributed by atoms with Crippen LogP contribution in [-0.2, 0) is 4.79 Å². The Kier molecular flexibility index (Phi) is 4.87. The van der Waals surface area contributed by atoms with E-state index in [0.717, 1.165) is 12.8 Å². The smallest absolute Gasteiger partial charge is 0.256 e. The summed E-state index contributed by atoms with van der Waals surface area (Å²) in [4.78, 5) is 29.0. The number of methoxy groups -OCH3 is 1. The van der Waals surface area contributed by atoms with E-state index in [1.165, 1.54) is 0 Å². The molecule has 0 bridgehead atoms. The first-order valence-corrected chi connectivity index (χ1v) is 9.46. The predicted octanol–water partition coefficient (Wildman–Crippen LogP) is 2.59. The van der Waals surface area contributed by atoms with Crippen molar-refractivity contribution in [2.24, 2.45) is 0 Å². The molecule has 23 heavy (non-hydrogen) atoms. The highest BCUT2D eigenvalue weighted by Gasteiger charge is 2.40. The van der Waals surface area contributed by atoms with E-state index in [-0.39, 0.29) is 17.9 Å². The van der Waals surface area contributed by atoms with Crippen LogP contribution in [0.1, 0.15) is 23.2 Å². The average molecular weight is 399 g/mol. The molecule has 1 saturated heterocycles. The van der Waals surface area contributed by atoms with Gasteiger partial charge < -0.3 is 14.5 Å². The van der Waals surface area contributed by atoms with Crippen molar-refractivity contribution in [2.45, 2.75) is 24.9 Å². The third kappa shape index (κ3) is 3.35. The zero-order chi connectivity index (χ0) is 16.6. The molecule has 0 spiro atoms. The quantitative estimate of drug-likeness (QED) is 0.781. The van der Waals surface area contributed by atoms with Gasteiger partial charge in [-0.3, -0.25) is 9.59 Å². The van der Waals surface area contributed by atoms with Crippen LogP contribution < -0.4 is 4.74 Å². The number of hydrogen-bond acceptors (Lipinski definition) is 4. The monoisotopic (exact) mass is 398 g/mol. The first-order chi connectivity index (χ1) is 11.0. The zero-order valence-electron chi connectivity index (χ0n) is 13.1. The second-order valence-electron chi connectivity index (χ2n) is 5.82. The Hall–Kier alpha value is -1.21. The van der Waals surface area contributed by atoms with Crippen molar-refractivity contribution in [3.63, 3.8) is 0 Å². The number of rotatable bonds is 4. The third-order valence-corrected chi connectivity index (χ3v) is 5.95. The van der Waals surface area contributed by atoms with Crippen molar-refractivity contribution in [1.29, 1.82) is 0 Å². The third-order valence-electron chi connectivity index (χ3n) is 4.28. The Labute approximate surface area is 148 Å². The molecule has 0 N–H and O–H groups in total. The molecule has 2 aliphatic rings. The summed E-state index contributed by atoms with van der Waals surface area (Å²) in [5, 5.41) is 0. The van der Waals surface area contributed by atoms with Crippen LogP contribution in [0.3, 0.4) is 0 Å². The maximum Gasteiger partial charge on any atom is 0.256 e. The summed E-state index contributed by atoms with van der Waals surface area (Å²) >= 11 is 5.05. The largest absolute Gasteiger partial charge is 0.497 e. The van der Waals surface area contributed by atoms with E-state index in [1.807, 2.05) is 7.05 Å². The van der Waals surface area contributed by atoms with Crippen LogP contribution in [0.4, 0.5) is 0 Å². The van der Waals surface area contributed by atoms with Gasteiger partial charge >= 0.3 is 0 Å². The van der Waals surface area contributed by atoms with Gasteiger partial charge in [0.15, 0.2) is 0 Å². The standard InChI is InChI=1S/C16H19BrN2O3S/c1-18(10-3-4-10)16(21)14-8-23-9-19(14)15(20)12-6-5-11(22-2)7-13(12)17/h5-7,10,14H,3-4,8-9H2,1-2H3. The Morgan fingerprint density at radius 3 is 2.74 bits per heavy atom.